The lowest BCUT2D eigenvalue weighted by Crippen LogP contribution is -2.18. The van der Waals surface area contributed by atoms with Gasteiger partial charge in [-0.3, -0.25) is 0 Å². The van der Waals surface area contributed by atoms with E-state index in [1.165, 1.54) is 0 Å². The number of rotatable bonds is 1. The van der Waals surface area contributed by atoms with Gasteiger partial charge in [0.25, 0.3) is 5.88 Å². The Kier molecular flexibility index (Phi) is 3.33. The molecule has 0 radical (unpaired) electrons. The number of alkyl halides is 6. The van der Waals surface area contributed by atoms with Crippen LogP contribution in [0.5, 0.6) is 11.6 Å². The number of aromatic hydroxyl groups is 1. The summed E-state index contributed by atoms with van der Waals surface area (Å²) in [6.07, 6.45) is -10.1. The van der Waals surface area contributed by atoms with E-state index in [4.69, 9.17) is 16.7 Å². The maximum atomic E-state index is 12.2. The Bertz CT molecular complexity index is 430. The number of halogens is 7. The summed E-state index contributed by atoms with van der Waals surface area (Å²) in [6, 6.07) is 0. The predicted octanol–water partition coefficient (Wildman–Crippen LogP) is 3.36. The van der Waals surface area contributed by atoms with Gasteiger partial charge in [-0.25, -0.2) is 4.98 Å². The van der Waals surface area contributed by atoms with Crippen molar-refractivity contribution in [2.45, 2.75) is 12.5 Å². The molecule has 0 amide bonds. The number of pyridine rings is 1. The second-order valence-electron chi connectivity index (χ2n) is 2.69. The lowest BCUT2D eigenvalue weighted by atomic mass is 10.2. The molecule has 0 aliphatic rings. The summed E-state index contributed by atoms with van der Waals surface area (Å²) in [5.74, 6) is -2.98. The van der Waals surface area contributed by atoms with E-state index in [0.717, 1.165) is 0 Å². The van der Waals surface area contributed by atoms with E-state index >= 15 is 0 Å². The fourth-order valence-corrected chi connectivity index (χ4v) is 1.08. The Morgan fingerprint density at radius 2 is 1.71 bits per heavy atom. The third kappa shape index (κ3) is 3.29. The number of aromatic nitrogens is 1. The van der Waals surface area contributed by atoms with Crippen LogP contribution >= 0.6 is 11.6 Å². The molecule has 96 valence electrons. The molecule has 0 fully saturated rings. The molecule has 0 saturated heterocycles. The fourth-order valence-electron chi connectivity index (χ4n) is 0.844. The molecule has 1 N–H and O–H groups in total. The Labute approximate surface area is 94.6 Å². The van der Waals surface area contributed by atoms with Crippen LogP contribution in [-0.4, -0.2) is 16.5 Å². The summed E-state index contributed by atoms with van der Waals surface area (Å²) in [4.78, 5) is 2.69. The van der Waals surface area contributed by atoms with Crippen LogP contribution in [0.2, 0.25) is 5.02 Å². The summed E-state index contributed by atoms with van der Waals surface area (Å²) >= 11 is 5.05. The molecule has 0 aromatic carbocycles. The van der Waals surface area contributed by atoms with Crippen molar-refractivity contribution in [3.05, 3.63) is 16.8 Å². The first-order valence-corrected chi connectivity index (χ1v) is 4.10. The Hall–Kier alpha value is -1.38. The second-order valence-corrected chi connectivity index (χ2v) is 3.06. The molecule has 0 bridgehead atoms. The largest absolute Gasteiger partial charge is 0.574 e. The summed E-state index contributed by atoms with van der Waals surface area (Å²) < 4.78 is 75.0. The van der Waals surface area contributed by atoms with Crippen LogP contribution in [0.25, 0.3) is 0 Å². The van der Waals surface area contributed by atoms with Gasteiger partial charge < -0.3 is 9.84 Å². The molecule has 10 heteroatoms. The van der Waals surface area contributed by atoms with E-state index in [0.29, 0.717) is 0 Å². The van der Waals surface area contributed by atoms with Crippen LogP contribution < -0.4 is 4.74 Å². The summed E-state index contributed by atoms with van der Waals surface area (Å²) in [5.41, 5.74) is -1.56. The zero-order chi connectivity index (χ0) is 13.4. The summed E-state index contributed by atoms with van der Waals surface area (Å²) in [5, 5.41) is 7.67. The molecule has 0 spiro atoms. The third-order valence-corrected chi connectivity index (χ3v) is 1.86. The number of nitrogens with zero attached hydrogens (tertiary/aromatic N) is 1. The van der Waals surface area contributed by atoms with Crippen LogP contribution in [-0.2, 0) is 6.18 Å². The molecule has 0 aliphatic carbocycles. The van der Waals surface area contributed by atoms with Gasteiger partial charge in [-0.05, 0) is 0 Å². The molecule has 3 nitrogen and oxygen atoms in total. The highest BCUT2D eigenvalue weighted by molar-refractivity contribution is 6.33. The van der Waals surface area contributed by atoms with Crippen LogP contribution in [0.15, 0.2) is 6.20 Å². The minimum atomic E-state index is -5.20. The van der Waals surface area contributed by atoms with Gasteiger partial charge in [0.15, 0.2) is 5.75 Å². The molecule has 1 heterocycles. The molecule has 0 unspecified atom stereocenters. The average Bonchev–Trinajstić information content (AvgIpc) is 2.08. The topological polar surface area (TPSA) is 42.4 Å². The van der Waals surface area contributed by atoms with Crippen LogP contribution in [0, 0.1) is 0 Å². The van der Waals surface area contributed by atoms with Crippen molar-refractivity contribution in [1.29, 1.82) is 0 Å². The number of ether oxygens (including phenoxy) is 1. The van der Waals surface area contributed by atoms with E-state index in [1.807, 2.05) is 0 Å². The van der Waals surface area contributed by atoms with Gasteiger partial charge in [-0.2, -0.15) is 13.2 Å². The SMILES string of the molecule is Oc1c(OC(F)(F)F)ncc(C(F)(F)F)c1Cl. The Balaban J connectivity index is 3.21. The molecule has 0 saturated carbocycles. The van der Waals surface area contributed by atoms with Crippen molar-refractivity contribution in [3.63, 3.8) is 0 Å². The molecular weight excluding hydrogens is 280 g/mol. The normalized spacial score (nSPS) is 12.6. The van der Waals surface area contributed by atoms with Crippen molar-refractivity contribution in [3.8, 4) is 11.6 Å². The summed E-state index contributed by atoms with van der Waals surface area (Å²) in [6.45, 7) is 0. The highest BCUT2D eigenvalue weighted by Crippen LogP contribution is 2.42. The molecule has 0 aliphatic heterocycles. The fraction of sp³-hybridized carbons (Fsp3) is 0.286. The summed E-state index contributed by atoms with van der Waals surface area (Å²) in [7, 11) is 0. The van der Waals surface area contributed by atoms with Crippen molar-refractivity contribution >= 4 is 11.6 Å². The maximum Gasteiger partial charge on any atom is 0.574 e. The zero-order valence-corrected chi connectivity index (χ0v) is 8.28. The number of hydrogen-bond acceptors (Lipinski definition) is 3. The quantitative estimate of drug-likeness (QED) is 0.803. The lowest BCUT2D eigenvalue weighted by molar-refractivity contribution is -0.276. The Morgan fingerprint density at radius 3 is 2.12 bits per heavy atom. The van der Waals surface area contributed by atoms with Gasteiger partial charge in [0, 0.05) is 6.20 Å². The standard InChI is InChI=1S/C7H2ClF6NO2/c8-3-2(6(9,10)11)1-15-5(4(3)16)17-7(12,13)14/h1,16H. The minimum absolute atomic E-state index is 0.0309. The van der Waals surface area contributed by atoms with Gasteiger partial charge in [0.1, 0.15) is 5.02 Å². The van der Waals surface area contributed by atoms with E-state index in [-0.39, 0.29) is 6.20 Å². The third-order valence-electron chi connectivity index (χ3n) is 1.48. The highest BCUT2D eigenvalue weighted by atomic mass is 35.5. The monoisotopic (exact) mass is 281 g/mol. The second kappa shape index (κ2) is 4.13. The van der Waals surface area contributed by atoms with Crippen molar-refractivity contribution < 1.29 is 36.2 Å². The highest BCUT2D eigenvalue weighted by Gasteiger charge is 2.38. The first-order chi connectivity index (χ1) is 7.52. The van der Waals surface area contributed by atoms with E-state index in [9.17, 15) is 26.3 Å². The minimum Gasteiger partial charge on any atom is -0.502 e. The van der Waals surface area contributed by atoms with E-state index in [1.54, 1.807) is 0 Å². The van der Waals surface area contributed by atoms with E-state index in [2.05, 4.69) is 9.72 Å². The molecule has 1 aromatic rings. The molecular formula is C7H2ClF6NO2. The van der Waals surface area contributed by atoms with E-state index < -0.39 is 34.8 Å². The zero-order valence-electron chi connectivity index (χ0n) is 7.53. The van der Waals surface area contributed by atoms with Crippen LogP contribution in [0.1, 0.15) is 5.56 Å². The number of hydrogen-bond donors (Lipinski definition) is 1. The Morgan fingerprint density at radius 1 is 1.18 bits per heavy atom. The van der Waals surface area contributed by atoms with Gasteiger partial charge in [-0.15, -0.1) is 13.2 Å². The van der Waals surface area contributed by atoms with Gasteiger partial charge in [0.05, 0.1) is 5.56 Å². The smallest absolute Gasteiger partial charge is 0.502 e. The van der Waals surface area contributed by atoms with Crippen molar-refractivity contribution in [2.24, 2.45) is 0 Å². The van der Waals surface area contributed by atoms with Gasteiger partial charge >= 0.3 is 12.5 Å². The predicted molar refractivity (Wildman–Crippen MR) is 42.6 cm³/mol. The first kappa shape index (κ1) is 13.7. The van der Waals surface area contributed by atoms with Gasteiger partial charge in [-0.1, -0.05) is 11.6 Å². The average molecular weight is 282 g/mol. The molecule has 0 atom stereocenters. The first-order valence-electron chi connectivity index (χ1n) is 3.73. The van der Waals surface area contributed by atoms with Crippen LogP contribution in [0.4, 0.5) is 26.3 Å². The molecule has 1 aromatic heterocycles. The molecule has 1 rings (SSSR count). The van der Waals surface area contributed by atoms with Crippen molar-refractivity contribution in [2.75, 3.05) is 0 Å². The molecule has 17 heavy (non-hydrogen) atoms. The van der Waals surface area contributed by atoms with Crippen LogP contribution in [0.3, 0.4) is 0 Å². The van der Waals surface area contributed by atoms with Gasteiger partial charge in [0.2, 0.25) is 0 Å². The van der Waals surface area contributed by atoms with Crippen molar-refractivity contribution in [1.82, 2.24) is 4.98 Å². The lowest BCUT2D eigenvalue weighted by Gasteiger charge is -2.13. The maximum absolute atomic E-state index is 12.2.